The molecule has 4 heteroatoms. The highest BCUT2D eigenvalue weighted by Gasteiger charge is 2.23. The molecule has 0 radical (unpaired) electrons. The Morgan fingerprint density at radius 3 is 2.00 bits per heavy atom. The molecule has 4 rings (SSSR count). The van der Waals surface area contributed by atoms with Crippen LogP contribution in [0.25, 0.3) is 33.9 Å². The number of imidazole rings is 1. The van der Waals surface area contributed by atoms with E-state index in [0.29, 0.717) is 5.82 Å². The van der Waals surface area contributed by atoms with Crippen molar-refractivity contribution in [1.29, 1.82) is 0 Å². The normalized spacial score (nSPS) is 10.7. The van der Waals surface area contributed by atoms with E-state index in [1.807, 2.05) is 84.9 Å². The Kier molecular flexibility index (Phi) is 4.73. The fourth-order valence-corrected chi connectivity index (χ4v) is 3.61. The first-order valence-electron chi connectivity index (χ1n) is 8.65. The van der Waals surface area contributed by atoms with Crippen LogP contribution in [0.15, 0.2) is 89.4 Å². The van der Waals surface area contributed by atoms with E-state index in [0.717, 1.165) is 32.6 Å². The van der Waals surface area contributed by atoms with Crippen molar-refractivity contribution < 1.29 is 4.79 Å². The van der Waals surface area contributed by atoms with Crippen molar-refractivity contribution in [2.75, 3.05) is 0 Å². The van der Waals surface area contributed by atoms with Crippen molar-refractivity contribution in [2.24, 2.45) is 0 Å². The van der Waals surface area contributed by atoms with Gasteiger partial charge in [0, 0.05) is 28.1 Å². The maximum absolute atomic E-state index is 12.7. The number of carbonyl (C=O) groups excluding carboxylic acids is 1. The molecule has 132 valence electrons. The van der Waals surface area contributed by atoms with Gasteiger partial charge in [-0.2, -0.15) is 0 Å². The van der Waals surface area contributed by atoms with Crippen molar-refractivity contribution >= 4 is 21.8 Å². The summed E-state index contributed by atoms with van der Waals surface area (Å²) in [6.07, 6.45) is 0. The van der Waals surface area contributed by atoms with Crippen LogP contribution in [0.2, 0.25) is 0 Å². The second-order valence-corrected chi connectivity index (χ2v) is 7.15. The van der Waals surface area contributed by atoms with Crippen LogP contribution >= 0.6 is 15.9 Å². The lowest BCUT2D eigenvalue weighted by Crippen LogP contribution is -2.09. The zero-order valence-electron chi connectivity index (χ0n) is 14.8. The number of hydrogen-bond donors (Lipinski definition) is 0. The molecule has 3 aromatic carbocycles. The molecule has 0 saturated carbocycles. The van der Waals surface area contributed by atoms with Gasteiger partial charge in [0.05, 0.1) is 11.4 Å². The van der Waals surface area contributed by atoms with Gasteiger partial charge in [0.1, 0.15) is 5.82 Å². The van der Waals surface area contributed by atoms with Crippen LogP contribution in [0.1, 0.15) is 11.7 Å². The molecule has 0 N–H and O–H groups in total. The van der Waals surface area contributed by atoms with Crippen molar-refractivity contribution in [1.82, 2.24) is 9.55 Å². The second-order valence-electron chi connectivity index (χ2n) is 6.23. The molecule has 0 bridgehead atoms. The molecule has 0 saturated heterocycles. The zero-order valence-corrected chi connectivity index (χ0v) is 16.3. The summed E-state index contributed by atoms with van der Waals surface area (Å²) in [6, 6.07) is 27.8. The molecule has 0 unspecified atom stereocenters. The van der Waals surface area contributed by atoms with E-state index >= 15 is 0 Å². The zero-order chi connectivity index (χ0) is 18.8. The van der Waals surface area contributed by atoms with E-state index in [9.17, 15) is 4.79 Å². The molecular weight excluding hydrogens is 400 g/mol. The highest BCUT2D eigenvalue weighted by molar-refractivity contribution is 9.10. The molecule has 0 aliphatic heterocycles. The molecule has 4 aromatic rings. The summed E-state index contributed by atoms with van der Waals surface area (Å²) in [7, 11) is 0. The van der Waals surface area contributed by atoms with Crippen molar-refractivity contribution in [3.8, 4) is 33.9 Å². The highest BCUT2D eigenvalue weighted by atomic mass is 79.9. The summed E-state index contributed by atoms with van der Waals surface area (Å²) in [5.74, 6) is 0.569. The van der Waals surface area contributed by atoms with Gasteiger partial charge in [-0.05, 0) is 12.1 Å². The van der Waals surface area contributed by atoms with Crippen LogP contribution in [0.4, 0.5) is 0 Å². The highest BCUT2D eigenvalue weighted by Crippen LogP contribution is 2.36. The number of nitrogens with zero attached hydrogens (tertiary/aromatic N) is 2. The average Bonchev–Trinajstić information content (AvgIpc) is 3.10. The van der Waals surface area contributed by atoms with Gasteiger partial charge in [-0.25, -0.2) is 4.98 Å². The van der Waals surface area contributed by atoms with Gasteiger partial charge in [-0.3, -0.25) is 9.36 Å². The fourth-order valence-electron chi connectivity index (χ4n) is 3.21. The predicted molar refractivity (Wildman–Crippen MR) is 113 cm³/mol. The molecule has 0 amide bonds. The summed E-state index contributed by atoms with van der Waals surface area (Å²) >= 11 is 3.51. The van der Waals surface area contributed by atoms with E-state index < -0.39 is 0 Å². The Labute approximate surface area is 166 Å². The Hall–Kier alpha value is -2.98. The number of halogens is 1. The topological polar surface area (TPSA) is 34.9 Å². The van der Waals surface area contributed by atoms with Crippen LogP contribution < -0.4 is 0 Å². The molecule has 1 aromatic heterocycles. The van der Waals surface area contributed by atoms with Gasteiger partial charge in [0.25, 0.3) is 0 Å². The van der Waals surface area contributed by atoms with Crippen LogP contribution in [0.5, 0.6) is 0 Å². The second kappa shape index (κ2) is 7.33. The minimum absolute atomic E-state index is 0.0708. The average molecular weight is 417 g/mol. The van der Waals surface area contributed by atoms with E-state index in [1.54, 1.807) is 11.5 Å². The van der Waals surface area contributed by atoms with Crippen LogP contribution in [-0.4, -0.2) is 15.5 Å². The molecule has 0 aliphatic carbocycles. The monoisotopic (exact) mass is 416 g/mol. The maximum atomic E-state index is 12.7. The number of rotatable bonds is 3. The molecule has 0 atom stereocenters. The lowest BCUT2D eigenvalue weighted by molar-refractivity contribution is 0.0940. The Bertz CT molecular complexity index is 1100. The summed E-state index contributed by atoms with van der Waals surface area (Å²) in [4.78, 5) is 17.6. The summed E-state index contributed by atoms with van der Waals surface area (Å²) in [6.45, 7) is 1.57. The largest absolute Gasteiger partial charge is 0.274 e. The standard InChI is InChI=1S/C23H17BrN2O/c1-16(27)26-22(18-11-6-3-7-12-18)21(17-9-4-2-5-10-17)25-23(26)19-13-8-14-20(24)15-19/h2-15H,1H3. The Morgan fingerprint density at radius 2 is 1.41 bits per heavy atom. The summed E-state index contributed by atoms with van der Waals surface area (Å²) in [5, 5.41) is 0. The van der Waals surface area contributed by atoms with E-state index in [1.165, 1.54) is 0 Å². The van der Waals surface area contributed by atoms with Gasteiger partial charge < -0.3 is 0 Å². The molecule has 0 fully saturated rings. The minimum Gasteiger partial charge on any atom is -0.274 e. The third kappa shape index (κ3) is 3.36. The summed E-state index contributed by atoms with van der Waals surface area (Å²) in [5.41, 5.74) is 4.43. The van der Waals surface area contributed by atoms with E-state index in [2.05, 4.69) is 15.9 Å². The first-order valence-corrected chi connectivity index (χ1v) is 9.45. The molecule has 0 aliphatic rings. The van der Waals surface area contributed by atoms with Gasteiger partial charge in [-0.1, -0.05) is 88.7 Å². The Morgan fingerprint density at radius 1 is 0.815 bits per heavy atom. The maximum Gasteiger partial charge on any atom is 0.229 e. The summed E-state index contributed by atoms with van der Waals surface area (Å²) < 4.78 is 2.65. The fraction of sp³-hybridized carbons (Fsp3) is 0.0435. The van der Waals surface area contributed by atoms with Gasteiger partial charge in [0.2, 0.25) is 5.91 Å². The van der Waals surface area contributed by atoms with Crippen LogP contribution in [0.3, 0.4) is 0 Å². The van der Waals surface area contributed by atoms with Crippen LogP contribution in [0, 0.1) is 0 Å². The van der Waals surface area contributed by atoms with Gasteiger partial charge in [-0.15, -0.1) is 0 Å². The lowest BCUT2D eigenvalue weighted by Gasteiger charge is -2.10. The molecule has 27 heavy (non-hydrogen) atoms. The smallest absolute Gasteiger partial charge is 0.229 e. The van der Waals surface area contributed by atoms with Crippen molar-refractivity contribution in [3.05, 3.63) is 89.4 Å². The minimum atomic E-state index is -0.0708. The van der Waals surface area contributed by atoms with E-state index in [-0.39, 0.29) is 5.91 Å². The quantitative estimate of drug-likeness (QED) is 0.392. The molecule has 3 nitrogen and oxygen atoms in total. The number of carbonyl (C=O) groups is 1. The van der Waals surface area contributed by atoms with Crippen LogP contribution in [-0.2, 0) is 0 Å². The van der Waals surface area contributed by atoms with Gasteiger partial charge in [0.15, 0.2) is 0 Å². The first-order chi connectivity index (χ1) is 13.1. The lowest BCUT2D eigenvalue weighted by atomic mass is 10.0. The van der Waals surface area contributed by atoms with E-state index in [4.69, 9.17) is 4.98 Å². The SMILES string of the molecule is CC(=O)n1c(-c2cccc(Br)c2)nc(-c2ccccc2)c1-c1ccccc1. The van der Waals surface area contributed by atoms with Crippen molar-refractivity contribution in [2.45, 2.75) is 6.92 Å². The Balaban J connectivity index is 2.07. The molecule has 1 heterocycles. The third-order valence-corrected chi connectivity index (χ3v) is 4.86. The van der Waals surface area contributed by atoms with Crippen molar-refractivity contribution in [3.63, 3.8) is 0 Å². The predicted octanol–water partition coefficient (Wildman–Crippen LogP) is 6.31. The number of benzene rings is 3. The molecule has 0 spiro atoms. The first kappa shape index (κ1) is 17.4. The third-order valence-electron chi connectivity index (χ3n) is 4.37. The number of hydrogen-bond acceptors (Lipinski definition) is 2. The molecular formula is C23H17BrN2O. The number of aromatic nitrogens is 2. The van der Waals surface area contributed by atoms with Gasteiger partial charge >= 0.3 is 0 Å².